The molecule has 1 saturated heterocycles. The van der Waals surface area contributed by atoms with E-state index in [2.05, 4.69) is 4.99 Å². The van der Waals surface area contributed by atoms with Gasteiger partial charge in [-0.15, -0.1) is 0 Å². The molecule has 27 heavy (non-hydrogen) atoms. The molecule has 2 aliphatic rings. The summed E-state index contributed by atoms with van der Waals surface area (Å²) in [5.74, 6) is 0. The van der Waals surface area contributed by atoms with E-state index >= 15 is 0 Å². The largest absolute Gasteiger partial charge is 0.420 e. The SMILES string of the molecule is CN(C)C1=N[C@@H]2[C@@H](O)[C@H](O)[C@@H]([C@](O)(Cc3ccccc3)C(F)(F)F)O[C@@H]2S1. The van der Waals surface area contributed by atoms with Gasteiger partial charge in [0.2, 0.25) is 0 Å². The second-order valence-electron chi connectivity index (χ2n) is 6.91. The van der Waals surface area contributed by atoms with E-state index in [1.54, 1.807) is 37.2 Å². The minimum absolute atomic E-state index is 0.231. The van der Waals surface area contributed by atoms with Gasteiger partial charge in [-0.05, 0) is 5.56 Å². The zero-order chi connectivity index (χ0) is 20.0. The Balaban J connectivity index is 1.92. The molecule has 2 aliphatic heterocycles. The number of ether oxygens (including phenoxy) is 1. The van der Waals surface area contributed by atoms with Gasteiger partial charge in [0.1, 0.15) is 29.8 Å². The summed E-state index contributed by atoms with van der Waals surface area (Å²) in [6.07, 6.45) is -11.5. The number of halogens is 3. The van der Waals surface area contributed by atoms with E-state index in [9.17, 15) is 28.5 Å². The maximum Gasteiger partial charge on any atom is 0.420 e. The van der Waals surface area contributed by atoms with Crippen LogP contribution in [0.25, 0.3) is 0 Å². The number of aliphatic hydroxyl groups excluding tert-OH is 2. The molecule has 10 heteroatoms. The lowest BCUT2D eigenvalue weighted by Gasteiger charge is -2.46. The predicted octanol–water partition coefficient (Wildman–Crippen LogP) is 1.00. The van der Waals surface area contributed by atoms with Crippen molar-refractivity contribution in [1.29, 1.82) is 0 Å². The normalized spacial score (nSPS) is 33.2. The van der Waals surface area contributed by atoms with Crippen LogP contribution in [0, 0.1) is 0 Å². The van der Waals surface area contributed by atoms with E-state index in [0.29, 0.717) is 5.17 Å². The van der Waals surface area contributed by atoms with E-state index in [0.717, 1.165) is 11.8 Å². The van der Waals surface area contributed by atoms with Crippen LogP contribution in [0.1, 0.15) is 5.56 Å². The van der Waals surface area contributed by atoms with Crippen LogP contribution < -0.4 is 0 Å². The van der Waals surface area contributed by atoms with Gasteiger partial charge in [0.05, 0.1) is 0 Å². The van der Waals surface area contributed by atoms with Gasteiger partial charge >= 0.3 is 6.18 Å². The van der Waals surface area contributed by atoms with Crippen LogP contribution in [0.15, 0.2) is 35.3 Å². The van der Waals surface area contributed by atoms with Crippen LogP contribution in [0.3, 0.4) is 0 Å². The second kappa shape index (κ2) is 7.25. The molecule has 0 aliphatic carbocycles. The minimum Gasteiger partial charge on any atom is -0.388 e. The molecule has 0 radical (unpaired) electrons. The zero-order valence-corrected chi connectivity index (χ0v) is 15.5. The third-order valence-corrected chi connectivity index (χ3v) is 6.01. The fourth-order valence-corrected chi connectivity index (χ4v) is 4.37. The maximum absolute atomic E-state index is 13.9. The Kier molecular flexibility index (Phi) is 5.48. The molecule has 0 unspecified atom stereocenters. The van der Waals surface area contributed by atoms with Crippen LogP contribution in [0.5, 0.6) is 0 Å². The van der Waals surface area contributed by atoms with Gasteiger partial charge in [-0.25, -0.2) is 0 Å². The first-order valence-corrected chi connectivity index (χ1v) is 9.19. The number of hydrogen-bond acceptors (Lipinski definition) is 7. The van der Waals surface area contributed by atoms with Gasteiger partial charge in [-0.3, -0.25) is 4.99 Å². The van der Waals surface area contributed by atoms with Gasteiger partial charge in [0.15, 0.2) is 10.8 Å². The summed E-state index contributed by atoms with van der Waals surface area (Å²) < 4.78 is 47.1. The first-order chi connectivity index (χ1) is 12.5. The van der Waals surface area contributed by atoms with Crippen LogP contribution in [-0.2, 0) is 11.2 Å². The Labute approximate surface area is 158 Å². The average Bonchev–Trinajstić information content (AvgIpc) is 3.02. The molecule has 0 spiro atoms. The maximum atomic E-state index is 13.9. The fraction of sp³-hybridized carbons (Fsp3) is 0.588. The minimum atomic E-state index is -5.09. The Morgan fingerprint density at radius 1 is 1.15 bits per heavy atom. The highest BCUT2D eigenvalue weighted by molar-refractivity contribution is 8.14. The highest BCUT2D eigenvalue weighted by Crippen LogP contribution is 2.45. The first kappa shape index (κ1) is 20.4. The standard InChI is InChI=1S/C17H21F3N2O4S/c1-22(2)15-21-10-11(23)12(24)13(26-14(10)27-15)16(25,17(18,19)20)8-9-6-4-3-5-7-9/h3-7,10-14,23-25H,8H2,1-2H3/t10-,11-,12+,13+,14-,16-/m1/s1. The Morgan fingerprint density at radius 3 is 2.33 bits per heavy atom. The van der Waals surface area contributed by atoms with E-state index in [4.69, 9.17) is 4.74 Å². The molecule has 0 bridgehead atoms. The summed E-state index contributed by atoms with van der Waals surface area (Å²) in [5.41, 5.74) is -4.08. The number of thioether (sulfide) groups is 1. The summed E-state index contributed by atoms with van der Waals surface area (Å²) >= 11 is 1.05. The molecular formula is C17H21F3N2O4S. The quantitative estimate of drug-likeness (QED) is 0.695. The summed E-state index contributed by atoms with van der Waals surface area (Å²) in [5, 5.41) is 31.8. The molecule has 2 heterocycles. The highest BCUT2D eigenvalue weighted by Gasteiger charge is 2.65. The molecule has 0 amide bonds. The first-order valence-electron chi connectivity index (χ1n) is 8.31. The van der Waals surface area contributed by atoms with E-state index in [-0.39, 0.29) is 5.56 Å². The molecule has 1 aromatic rings. The molecule has 150 valence electrons. The molecule has 3 N–H and O–H groups in total. The summed E-state index contributed by atoms with van der Waals surface area (Å²) in [6, 6.07) is 6.74. The van der Waals surface area contributed by atoms with Crippen LogP contribution in [0.4, 0.5) is 13.2 Å². The Hall–Kier alpha value is -1.33. The molecule has 0 saturated carbocycles. The van der Waals surface area contributed by atoms with E-state index in [1.165, 1.54) is 12.1 Å². The Bertz CT molecular complexity index is 703. The van der Waals surface area contributed by atoms with Gasteiger partial charge in [0, 0.05) is 20.5 Å². The topological polar surface area (TPSA) is 85.5 Å². The number of benzene rings is 1. The number of fused-ring (bicyclic) bond motifs is 1. The van der Waals surface area contributed by atoms with Crippen LogP contribution in [0.2, 0.25) is 0 Å². The summed E-state index contributed by atoms with van der Waals surface area (Å²) in [6.45, 7) is 0. The van der Waals surface area contributed by atoms with Crippen molar-refractivity contribution in [3.8, 4) is 0 Å². The van der Waals surface area contributed by atoms with Crippen molar-refractivity contribution >= 4 is 16.9 Å². The predicted molar refractivity (Wildman–Crippen MR) is 94.3 cm³/mol. The van der Waals surface area contributed by atoms with Crippen molar-refractivity contribution in [2.24, 2.45) is 4.99 Å². The van der Waals surface area contributed by atoms with Crippen LogP contribution in [-0.4, -0.2) is 81.0 Å². The third kappa shape index (κ3) is 3.68. The number of hydrogen-bond donors (Lipinski definition) is 3. The van der Waals surface area contributed by atoms with Crippen molar-refractivity contribution < 1.29 is 33.2 Å². The van der Waals surface area contributed by atoms with Crippen molar-refractivity contribution in [3.05, 3.63) is 35.9 Å². The number of rotatable bonds is 3. The summed E-state index contributed by atoms with van der Waals surface area (Å²) in [4.78, 5) is 5.85. The van der Waals surface area contributed by atoms with Gasteiger partial charge in [-0.2, -0.15) is 13.2 Å². The van der Waals surface area contributed by atoms with Crippen molar-refractivity contribution in [2.45, 2.75) is 48.0 Å². The monoisotopic (exact) mass is 406 g/mol. The molecular weight excluding hydrogens is 385 g/mol. The van der Waals surface area contributed by atoms with E-state index < -0.39 is 48.0 Å². The lowest BCUT2D eigenvalue weighted by atomic mass is 9.81. The van der Waals surface area contributed by atoms with Crippen molar-refractivity contribution in [3.63, 3.8) is 0 Å². The zero-order valence-electron chi connectivity index (χ0n) is 14.7. The van der Waals surface area contributed by atoms with E-state index in [1.807, 2.05) is 0 Å². The van der Waals surface area contributed by atoms with Gasteiger partial charge < -0.3 is 25.0 Å². The van der Waals surface area contributed by atoms with Gasteiger partial charge in [-0.1, -0.05) is 42.1 Å². The lowest BCUT2D eigenvalue weighted by Crippen LogP contribution is -2.68. The second-order valence-corrected chi connectivity index (χ2v) is 7.97. The number of amidine groups is 1. The van der Waals surface area contributed by atoms with Crippen molar-refractivity contribution in [2.75, 3.05) is 14.1 Å². The van der Waals surface area contributed by atoms with Gasteiger partial charge in [0.25, 0.3) is 0 Å². The third-order valence-electron chi connectivity index (χ3n) is 4.71. The molecule has 3 rings (SSSR count). The smallest absolute Gasteiger partial charge is 0.388 e. The van der Waals surface area contributed by atoms with Crippen molar-refractivity contribution in [1.82, 2.24) is 4.90 Å². The number of aliphatic hydroxyl groups is 3. The molecule has 0 aromatic heterocycles. The molecule has 6 atom stereocenters. The lowest BCUT2D eigenvalue weighted by molar-refractivity contribution is -0.323. The molecule has 1 fully saturated rings. The Morgan fingerprint density at radius 2 is 1.78 bits per heavy atom. The molecule has 6 nitrogen and oxygen atoms in total. The molecule has 1 aromatic carbocycles. The summed E-state index contributed by atoms with van der Waals surface area (Å²) in [7, 11) is 3.40. The highest BCUT2D eigenvalue weighted by atomic mass is 32.2. The number of alkyl halides is 3. The average molecular weight is 406 g/mol. The van der Waals surface area contributed by atoms with Crippen LogP contribution >= 0.6 is 11.8 Å². The number of aliphatic imine (C=N–C) groups is 1. The fourth-order valence-electron chi connectivity index (χ4n) is 3.23. The number of nitrogens with zero attached hydrogens (tertiary/aromatic N) is 2.